The second-order valence-electron chi connectivity index (χ2n) is 8.85. The van der Waals surface area contributed by atoms with E-state index in [4.69, 9.17) is 14.5 Å². The van der Waals surface area contributed by atoms with Crippen LogP contribution in [0.25, 0.3) is 22.2 Å². The van der Waals surface area contributed by atoms with E-state index in [1.54, 1.807) is 19.2 Å². The standard InChI is InChI=1S/C27H28BrN5O3/c1-17-13-18(21-16-20(34)6-7-22(21)28)14-23-26(17)30-27(32-31-23)29-19-5-8-24(25(15-19)35-2)36-12-11-33-9-3-4-10-33/h5-8,13-16,34H,3-4,9-12H2,1-2H3,(H,29,30,32). The van der Waals surface area contributed by atoms with Crippen LogP contribution in [0.2, 0.25) is 0 Å². The zero-order valence-corrected chi connectivity index (χ0v) is 21.9. The Kier molecular flexibility index (Phi) is 7.20. The minimum absolute atomic E-state index is 0.202. The molecular weight excluding hydrogens is 522 g/mol. The number of phenols is 1. The van der Waals surface area contributed by atoms with E-state index in [9.17, 15) is 5.11 Å². The number of fused-ring (bicyclic) bond motifs is 1. The molecule has 0 atom stereocenters. The normalized spacial score (nSPS) is 13.8. The van der Waals surface area contributed by atoms with Crippen LogP contribution in [0.1, 0.15) is 18.4 Å². The van der Waals surface area contributed by atoms with Gasteiger partial charge in [0.2, 0.25) is 5.95 Å². The fourth-order valence-corrected chi connectivity index (χ4v) is 4.92. The van der Waals surface area contributed by atoms with Crippen molar-refractivity contribution in [3.8, 4) is 28.4 Å². The number of hydrogen-bond acceptors (Lipinski definition) is 8. The zero-order chi connectivity index (χ0) is 25.1. The van der Waals surface area contributed by atoms with E-state index in [2.05, 4.69) is 36.3 Å². The van der Waals surface area contributed by atoms with Gasteiger partial charge in [-0.3, -0.25) is 4.90 Å². The molecule has 0 unspecified atom stereocenters. The average Bonchev–Trinajstić information content (AvgIpc) is 3.40. The highest BCUT2D eigenvalue weighted by atomic mass is 79.9. The number of benzene rings is 3. The van der Waals surface area contributed by atoms with Crippen LogP contribution in [-0.2, 0) is 0 Å². The summed E-state index contributed by atoms with van der Waals surface area (Å²) in [5.74, 6) is 1.95. The van der Waals surface area contributed by atoms with Crippen LogP contribution in [0.5, 0.6) is 17.2 Å². The molecule has 1 aromatic heterocycles. The highest BCUT2D eigenvalue weighted by Gasteiger charge is 2.14. The molecule has 0 amide bonds. The molecule has 0 aliphatic carbocycles. The molecule has 1 aliphatic heterocycles. The maximum absolute atomic E-state index is 9.91. The molecule has 36 heavy (non-hydrogen) atoms. The van der Waals surface area contributed by atoms with Crippen LogP contribution in [0, 0.1) is 6.92 Å². The maximum atomic E-state index is 9.91. The van der Waals surface area contributed by atoms with E-state index in [1.807, 2.05) is 43.3 Å². The minimum Gasteiger partial charge on any atom is -0.508 e. The van der Waals surface area contributed by atoms with Crippen molar-refractivity contribution >= 4 is 38.6 Å². The van der Waals surface area contributed by atoms with Gasteiger partial charge < -0.3 is 19.9 Å². The summed E-state index contributed by atoms with van der Waals surface area (Å²) in [6.45, 7) is 5.83. The van der Waals surface area contributed by atoms with E-state index in [1.165, 1.54) is 12.8 Å². The number of phenolic OH excluding ortho intramolecular Hbond substituents is 1. The highest BCUT2D eigenvalue weighted by Crippen LogP contribution is 2.34. The van der Waals surface area contributed by atoms with Gasteiger partial charge in [-0.05, 0) is 92.0 Å². The predicted molar refractivity (Wildman–Crippen MR) is 144 cm³/mol. The first-order valence-corrected chi connectivity index (χ1v) is 12.7. The molecule has 2 heterocycles. The number of aryl methyl sites for hydroxylation is 1. The summed E-state index contributed by atoms with van der Waals surface area (Å²) in [5, 5.41) is 21.8. The molecule has 3 aromatic carbocycles. The summed E-state index contributed by atoms with van der Waals surface area (Å²) in [6, 6.07) is 14.8. The summed E-state index contributed by atoms with van der Waals surface area (Å²) >= 11 is 3.56. The first kappa shape index (κ1) is 24.3. The van der Waals surface area contributed by atoms with Gasteiger partial charge in [0.05, 0.1) is 12.6 Å². The number of anilines is 2. The molecule has 5 rings (SSSR count). The fraction of sp³-hybridized carbons (Fsp3) is 0.296. The monoisotopic (exact) mass is 549 g/mol. The van der Waals surface area contributed by atoms with Crippen molar-refractivity contribution < 1.29 is 14.6 Å². The van der Waals surface area contributed by atoms with Gasteiger partial charge in [-0.25, -0.2) is 4.98 Å². The van der Waals surface area contributed by atoms with Gasteiger partial charge in [-0.2, -0.15) is 0 Å². The molecule has 4 aromatic rings. The summed E-state index contributed by atoms with van der Waals surface area (Å²) < 4.78 is 12.4. The second-order valence-corrected chi connectivity index (χ2v) is 9.70. The highest BCUT2D eigenvalue weighted by molar-refractivity contribution is 9.10. The fourth-order valence-electron chi connectivity index (χ4n) is 4.44. The van der Waals surface area contributed by atoms with Gasteiger partial charge in [0.25, 0.3) is 0 Å². The van der Waals surface area contributed by atoms with Gasteiger partial charge in [-0.15, -0.1) is 10.2 Å². The first-order chi connectivity index (χ1) is 17.5. The van der Waals surface area contributed by atoms with Crippen LogP contribution < -0.4 is 14.8 Å². The topological polar surface area (TPSA) is 92.6 Å². The number of aromatic nitrogens is 3. The largest absolute Gasteiger partial charge is 0.508 e. The molecule has 0 saturated carbocycles. The zero-order valence-electron chi connectivity index (χ0n) is 20.3. The third kappa shape index (κ3) is 5.37. The van der Waals surface area contributed by atoms with E-state index in [0.29, 0.717) is 29.6 Å². The van der Waals surface area contributed by atoms with Gasteiger partial charge >= 0.3 is 0 Å². The number of nitrogens with one attached hydrogen (secondary N) is 1. The van der Waals surface area contributed by atoms with Crippen molar-refractivity contribution in [1.82, 2.24) is 20.1 Å². The van der Waals surface area contributed by atoms with Gasteiger partial charge in [-0.1, -0.05) is 15.9 Å². The predicted octanol–water partition coefficient (Wildman–Crippen LogP) is 5.70. The number of nitrogens with zero attached hydrogens (tertiary/aromatic N) is 4. The van der Waals surface area contributed by atoms with E-state index >= 15 is 0 Å². The van der Waals surface area contributed by atoms with E-state index < -0.39 is 0 Å². The number of hydrogen-bond donors (Lipinski definition) is 2. The van der Waals surface area contributed by atoms with Crippen molar-refractivity contribution in [1.29, 1.82) is 0 Å². The van der Waals surface area contributed by atoms with Crippen LogP contribution >= 0.6 is 15.9 Å². The smallest absolute Gasteiger partial charge is 0.247 e. The SMILES string of the molecule is COc1cc(Nc2nnc3cc(-c4cc(O)ccc4Br)cc(C)c3n2)ccc1OCCN1CCCC1. The number of halogens is 1. The van der Waals surface area contributed by atoms with Crippen LogP contribution in [-0.4, -0.2) is 58.5 Å². The minimum atomic E-state index is 0.202. The summed E-state index contributed by atoms with van der Waals surface area (Å²) in [6.07, 6.45) is 2.54. The second kappa shape index (κ2) is 10.7. The number of ether oxygens (including phenoxy) is 2. The van der Waals surface area contributed by atoms with E-state index in [0.717, 1.165) is 52.0 Å². The molecule has 1 aliphatic rings. The van der Waals surface area contributed by atoms with Crippen LogP contribution in [0.15, 0.2) is 53.0 Å². The number of likely N-dealkylation sites (tertiary alicyclic amines) is 1. The third-order valence-electron chi connectivity index (χ3n) is 6.30. The molecule has 1 saturated heterocycles. The summed E-state index contributed by atoms with van der Waals surface area (Å²) in [4.78, 5) is 7.11. The molecule has 1 fully saturated rings. The average molecular weight is 550 g/mol. The Morgan fingerprint density at radius 3 is 2.67 bits per heavy atom. The number of methoxy groups -OCH3 is 1. The lowest BCUT2D eigenvalue weighted by atomic mass is 10.0. The Labute approximate surface area is 218 Å². The summed E-state index contributed by atoms with van der Waals surface area (Å²) in [7, 11) is 1.63. The molecule has 186 valence electrons. The Hall–Kier alpha value is -3.43. The van der Waals surface area contributed by atoms with Crippen molar-refractivity contribution in [2.45, 2.75) is 19.8 Å². The molecule has 0 spiro atoms. The molecular formula is C27H28BrN5O3. The summed E-state index contributed by atoms with van der Waals surface area (Å²) in [5.41, 5.74) is 4.95. The van der Waals surface area contributed by atoms with Crippen molar-refractivity contribution in [3.63, 3.8) is 0 Å². The molecule has 0 bridgehead atoms. The van der Waals surface area contributed by atoms with Crippen LogP contribution in [0.3, 0.4) is 0 Å². The Balaban J connectivity index is 1.33. The number of rotatable bonds is 8. The Morgan fingerprint density at radius 2 is 1.86 bits per heavy atom. The molecule has 8 nitrogen and oxygen atoms in total. The van der Waals surface area contributed by atoms with Gasteiger partial charge in [0, 0.05) is 22.8 Å². The third-order valence-corrected chi connectivity index (χ3v) is 6.99. The lowest BCUT2D eigenvalue weighted by Crippen LogP contribution is -2.25. The number of aromatic hydroxyl groups is 1. The van der Waals surface area contributed by atoms with Gasteiger partial charge in [0.1, 0.15) is 17.9 Å². The Morgan fingerprint density at radius 1 is 1.03 bits per heavy atom. The van der Waals surface area contributed by atoms with Crippen molar-refractivity contribution in [3.05, 3.63) is 58.6 Å². The first-order valence-electron chi connectivity index (χ1n) is 11.9. The van der Waals surface area contributed by atoms with Gasteiger partial charge in [0.15, 0.2) is 11.5 Å². The van der Waals surface area contributed by atoms with Crippen molar-refractivity contribution in [2.75, 3.05) is 38.7 Å². The molecule has 0 radical (unpaired) electrons. The quantitative estimate of drug-likeness (QED) is 0.289. The molecule has 9 heteroatoms. The lowest BCUT2D eigenvalue weighted by molar-refractivity contribution is 0.230. The van der Waals surface area contributed by atoms with Crippen molar-refractivity contribution in [2.24, 2.45) is 0 Å². The lowest BCUT2D eigenvalue weighted by Gasteiger charge is -2.16. The maximum Gasteiger partial charge on any atom is 0.247 e. The van der Waals surface area contributed by atoms with Crippen LogP contribution in [0.4, 0.5) is 11.6 Å². The Bertz CT molecular complexity index is 1390. The van der Waals surface area contributed by atoms with E-state index in [-0.39, 0.29) is 5.75 Å². The molecule has 2 N–H and O–H groups in total.